The maximum absolute atomic E-state index is 11.0. The standard InChI is InChI=1S/C9H14N4O/c1-4-6(2)12-13-9-10-7(3)5-8(14)11-9/h5H,4H2,1-3H3,(H2,10,11,13,14). The van der Waals surface area contributed by atoms with Crippen LogP contribution in [-0.4, -0.2) is 15.7 Å². The van der Waals surface area contributed by atoms with Gasteiger partial charge in [-0.3, -0.25) is 9.78 Å². The minimum absolute atomic E-state index is 0.177. The molecule has 0 fully saturated rings. The SMILES string of the molecule is CCC(C)=NNc1nc(C)cc(=O)[nH]1. The van der Waals surface area contributed by atoms with Crippen molar-refractivity contribution in [3.05, 3.63) is 22.1 Å². The van der Waals surface area contributed by atoms with E-state index >= 15 is 0 Å². The van der Waals surface area contributed by atoms with Crippen molar-refractivity contribution in [3.63, 3.8) is 0 Å². The molecule has 5 nitrogen and oxygen atoms in total. The number of nitrogens with one attached hydrogen (secondary N) is 2. The van der Waals surface area contributed by atoms with Gasteiger partial charge in [-0.1, -0.05) is 6.92 Å². The van der Waals surface area contributed by atoms with Gasteiger partial charge in [0.05, 0.1) is 0 Å². The molecule has 1 aromatic rings. The first-order valence-electron chi connectivity index (χ1n) is 4.49. The third-order valence-electron chi connectivity index (χ3n) is 1.73. The predicted octanol–water partition coefficient (Wildman–Crippen LogP) is 1.28. The average molecular weight is 194 g/mol. The zero-order valence-corrected chi connectivity index (χ0v) is 8.59. The summed E-state index contributed by atoms with van der Waals surface area (Å²) < 4.78 is 0. The van der Waals surface area contributed by atoms with Crippen LogP contribution < -0.4 is 11.0 Å². The first kappa shape index (κ1) is 10.4. The van der Waals surface area contributed by atoms with Crippen molar-refractivity contribution in [1.82, 2.24) is 9.97 Å². The fourth-order valence-corrected chi connectivity index (χ4v) is 0.859. The molecule has 0 unspecified atom stereocenters. The van der Waals surface area contributed by atoms with Crippen molar-refractivity contribution in [3.8, 4) is 0 Å². The minimum Gasteiger partial charge on any atom is -0.291 e. The molecule has 0 saturated heterocycles. The second-order valence-corrected chi connectivity index (χ2v) is 3.05. The summed E-state index contributed by atoms with van der Waals surface area (Å²) >= 11 is 0. The van der Waals surface area contributed by atoms with Crippen LogP contribution in [0.5, 0.6) is 0 Å². The average Bonchev–Trinajstić information content (AvgIpc) is 2.12. The van der Waals surface area contributed by atoms with Crippen molar-refractivity contribution in [2.24, 2.45) is 5.10 Å². The van der Waals surface area contributed by atoms with Gasteiger partial charge in [-0.05, 0) is 20.3 Å². The smallest absolute Gasteiger partial charge is 0.252 e. The lowest BCUT2D eigenvalue weighted by atomic mass is 10.3. The lowest BCUT2D eigenvalue weighted by Crippen LogP contribution is -2.11. The van der Waals surface area contributed by atoms with Crippen LogP contribution >= 0.6 is 0 Å². The number of hydrogen-bond acceptors (Lipinski definition) is 4. The molecule has 2 N–H and O–H groups in total. The van der Waals surface area contributed by atoms with E-state index < -0.39 is 0 Å². The largest absolute Gasteiger partial charge is 0.291 e. The Balaban J connectivity index is 2.82. The summed E-state index contributed by atoms with van der Waals surface area (Å²) in [7, 11) is 0. The monoisotopic (exact) mass is 194 g/mol. The zero-order valence-electron chi connectivity index (χ0n) is 8.59. The van der Waals surface area contributed by atoms with Crippen LogP contribution in [0, 0.1) is 6.92 Å². The van der Waals surface area contributed by atoms with Gasteiger partial charge in [-0.15, -0.1) is 0 Å². The number of nitrogens with zero attached hydrogens (tertiary/aromatic N) is 2. The summed E-state index contributed by atoms with van der Waals surface area (Å²) in [5.74, 6) is 0.378. The first-order valence-corrected chi connectivity index (χ1v) is 4.49. The molecule has 0 saturated carbocycles. The van der Waals surface area contributed by atoms with Crippen LogP contribution in [0.1, 0.15) is 26.0 Å². The molecule has 0 aliphatic heterocycles. The number of aryl methyl sites for hydroxylation is 1. The topological polar surface area (TPSA) is 70.1 Å². The first-order chi connectivity index (χ1) is 6.61. The Labute approximate surface area is 82.3 Å². The van der Waals surface area contributed by atoms with E-state index in [2.05, 4.69) is 20.5 Å². The number of hydrazone groups is 1. The highest BCUT2D eigenvalue weighted by atomic mass is 16.1. The van der Waals surface area contributed by atoms with E-state index in [-0.39, 0.29) is 5.56 Å². The molecule has 0 aliphatic carbocycles. The van der Waals surface area contributed by atoms with Gasteiger partial charge in [-0.25, -0.2) is 10.4 Å². The lowest BCUT2D eigenvalue weighted by molar-refractivity contribution is 1.04. The fraction of sp³-hybridized carbons (Fsp3) is 0.444. The Morgan fingerprint density at radius 2 is 2.43 bits per heavy atom. The minimum atomic E-state index is -0.177. The Hall–Kier alpha value is -1.65. The molecule has 0 amide bonds. The van der Waals surface area contributed by atoms with Gasteiger partial charge in [-0.2, -0.15) is 5.10 Å². The molecule has 0 spiro atoms. The quantitative estimate of drug-likeness (QED) is 0.562. The van der Waals surface area contributed by atoms with Crippen molar-refractivity contribution < 1.29 is 0 Å². The number of H-pyrrole nitrogens is 1. The molecule has 5 heteroatoms. The third-order valence-corrected chi connectivity index (χ3v) is 1.73. The van der Waals surface area contributed by atoms with Crippen LogP contribution in [0.4, 0.5) is 5.95 Å². The number of aromatic nitrogens is 2. The number of anilines is 1. The van der Waals surface area contributed by atoms with Gasteiger partial charge in [0, 0.05) is 17.5 Å². The Morgan fingerprint density at radius 3 is 3.00 bits per heavy atom. The summed E-state index contributed by atoms with van der Waals surface area (Å²) in [6.45, 7) is 5.67. The molecule has 0 aliphatic rings. The second-order valence-electron chi connectivity index (χ2n) is 3.05. The van der Waals surface area contributed by atoms with E-state index in [1.54, 1.807) is 6.92 Å². The Kier molecular flexibility index (Phi) is 3.39. The van der Waals surface area contributed by atoms with Gasteiger partial charge < -0.3 is 0 Å². The molecular formula is C9H14N4O. The van der Waals surface area contributed by atoms with Gasteiger partial charge >= 0.3 is 0 Å². The van der Waals surface area contributed by atoms with Crippen LogP contribution in [0.2, 0.25) is 0 Å². The van der Waals surface area contributed by atoms with Crippen LogP contribution in [0.15, 0.2) is 16.0 Å². The number of hydrogen-bond donors (Lipinski definition) is 2. The van der Waals surface area contributed by atoms with Crippen LogP contribution in [0.3, 0.4) is 0 Å². The van der Waals surface area contributed by atoms with Crippen molar-refractivity contribution in [2.75, 3.05) is 5.43 Å². The normalized spacial score (nSPS) is 11.5. The highest BCUT2D eigenvalue weighted by molar-refractivity contribution is 5.82. The molecule has 0 radical (unpaired) electrons. The molecular weight excluding hydrogens is 180 g/mol. The molecule has 0 aromatic carbocycles. The van der Waals surface area contributed by atoms with Gasteiger partial charge in [0.1, 0.15) is 0 Å². The summed E-state index contributed by atoms with van der Waals surface area (Å²) in [5.41, 5.74) is 4.14. The highest BCUT2D eigenvalue weighted by Crippen LogP contribution is 1.96. The van der Waals surface area contributed by atoms with E-state index in [1.165, 1.54) is 6.07 Å². The molecule has 0 atom stereocenters. The van der Waals surface area contributed by atoms with Gasteiger partial charge in [0.25, 0.3) is 5.56 Å². The van der Waals surface area contributed by atoms with Crippen LogP contribution in [0.25, 0.3) is 0 Å². The summed E-state index contributed by atoms with van der Waals surface area (Å²) in [6.07, 6.45) is 0.864. The molecule has 1 rings (SSSR count). The zero-order chi connectivity index (χ0) is 10.6. The van der Waals surface area contributed by atoms with Crippen molar-refractivity contribution in [1.29, 1.82) is 0 Å². The highest BCUT2D eigenvalue weighted by Gasteiger charge is 1.95. The second kappa shape index (κ2) is 4.55. The predicted molar refractivity (Wildman–Crippen MR) is 56.6 cm³/mol. The fourth-order valence-electron chi connectivity index (χ4n) is 0.859. The van der Waals surface area contributed by atoms with E-state index in [0.29, 0.717) is 11.6 Å². The van der Waals surface area contributed by atoms with E-state index in [4.69, 9.17) is 0 Å². The Bertz CT molecular complexity index is 394. The number of rotatable bonds is 3. The third kappa shape index (κ3) is 3.01. The molecule has 76 valence electrons. The van der Waals surface area contributed by atoms with Gasteiger partial charge in [0.2, 0.25) is 5.95 Å². The molecule has 1 heterocycles. The molecule has 0 bridgehead atoms. The van der Waals surface area contributed by atoms with E-state index in [0.717, 1.165) is 12.1 Å². The maximum atomic E-state index is 11.0. The van der Waals surface area contributed by atoms with Crippen molar-refractivity contribution >= 4 is 11.7 Å². The van der Waals surface area contributed by atoms with E-state index in [1.807, 2.05) is 13.8 Å². The summed E-state index contributed by atoms with van der Waals surface area (Å²) in [6, 6.07) is 1.43. The van der Waals surface area contributed by atoms with Crippen LogP contribution in [-0.2, 0) is 0 Å². The Morgan fingerprint density at radius 1 is 1.71 bits per heavy atom. The van der Waals surface area contributed by atoms with Crippen molar-refractivity contribution in [2.45, 2.75) is 27.2 Å². The summed E-state index contributed by atoms with van der Waals surface area (Å²) in [5, 5.41) is 4.03. The summed E-state index contributed by atoms with van der Waals surface area (Å²) in [4.78, 5) is 17.7. The lowest BCUT2D eigenvalue weighted by Gasteiger charge is -2.00. The number of aromatic amines is 1. The maximum Gasteiger partial charge on any atom is 0.252 e. The molecule has 1 aromatic heterocycles. The van der Waals surface area contributed by atoms with E-state index in [9.17, 15) is 4.79 Å². The molecule has 14 heavy (non-hydrogen) atoms. The van der Waals surface area contributed by atoms with Gasteiger partial charge in [0.15, 0.2) is 0 Å².